The van der Waals surface area contributed by atoms with E-state index in [4.69, 9.17) is 15.7 Å². The Morgan fingerprint density at radius 3 is 1.88 bits per heavy atom. The molecule has 4 heterocycles. The second kappa shape index (κ2) is 14.6. The zero-order valence-corrected chi connectivity index (χ0v) is 29.9. The summed E-state index contributed by atoms with van der Waals surface area (Å²) in [5.74, 6) is -0.343. The number of carbonyl (C=O) groups excluding carboxylic acids is 3. The molecule has 0 saturated carbocycles. The molecule has 0 saturated heterocycles. The Hall–Kier alpha value is -5.83. The van der Waals surface area contributed by atoms with Crippen LogP contribution in [0.25, 0.3) is 22.1 Å². The summed E-state index contributed by atoms with van der Waals surface area (Å²) in [6.07, 6.45) is 1.41. The van der Waals surface area contributed by atoms with Crippen molar-refractivity contribution in [3.8, 4) is 0 Å². The van der Waals surface area contributed by atoms with Crippen LogP contribution in [0.15, 0.2) is 48.5 Å². The number of para-hydroxylation sites is 1. The maximum atomic E-state index is 13.5. The lowest BCUT2D eigenvalue weighted by molar-refractivity contribution is 0.0995. The number of aromatic nitrogens is 8. The number of anilines is 2. The number of fused-ring (bicyclic) bond motifs is 2. The molecule has 0 aliphatic carbocycles. The number of benzene rings is 2. The summed E-state index contributed by atoms with van der Waals surface area (Å²) in [7, 11) is 4.02. The molecular formula is C36H44N12O3. The van der Waals surface area contributed by atoms with Crippen LogP contribution >= 0.6 is 0 Å². The van der Waals surface area contributed by atoms with E-state index in [1.807, 2.05) is 63.1 Å². The molecule has 0 aliphatic heterocycles. The number of hydrogen-bond donors (Lipinski definition) is 3. The van der Waals surface area contributed by atoms with E-state index in [-0.39, 0.29) is 11.8 Å². The van der Waals surface area contributed by atoms with Gasteiger partial charge in [-0.25, -0.2) is 9.97 Å². The monoisotopic (exact) mass is 692 g/mol. The number of nitrogens with zero attached hydrogens (tertiary/aromatic N) is 9. The third-order valence-corrected chi connectivity index (χ3v) is 8.71. The Morgan fingerprint density at radius 2 is 1.33 bits per heavy atom. The van der Waals surface area contributed by atoms with Gasteiger partial charge in [0.25, 0.3) is 11.8 Å². The highest BCUT2D eigenvalue weighted by Gasteiger charge is 2.21. The third-order valence-electron chi connectivity index (χ3n) is 8.71. The van der Waals surface area contributed by atoms with Gasteiger partial charge in [0.2, 0.25) is 17.8 Å². The average molecular weight is 693 g/mol. The fourth-order valence-electron chi connectivity index (χ4n) is 6.41. The van der Waals surface area contributed by atoms with Crippen LogP contribution in [0.1, 0.15) is 75.0 Å². The number of amides is 3. The summed E-state index contributed by atoms with van der Waals surface area (Å²) in [6, 6.07) is 14.7. The highest BCUT2D eigenvalue weighted by molar-refractivity contribution is 6.04. The lowest BCUT2D eigenvalue weighted by atomic mass is 10.1. The Morgan fingerprint density at radius 1 is 0.765 bits per heavy atom. The highest BCUT2D eigenvalue weighted by atomic mass is 16.2. The summed E-state index contributed by atoms with van der Waals surface area (Å²) in [5.41, 5.74) is 12.4. The van der Waals surface area contributed by atoms with Crippen molar-refractivity contribution in [3.05, 3.63) is 82.4 Å². The minimum absolute atomic E-state index is 0.275. The lowest BCUT2D eigenvalue weighted by Crippen LogP contribution is -2.20. The molecule has 0 fully saturated rings. The normalized spacial score (nSPS) is 11.6. The first-order valence-corrected chi connectivity index (χ1v) is 17.1. The van der Waals surface area contributed by atoms with Gasteiger partial charge in [-0.15, -0.1) is 0 Å². The van der Waals surface area contributed by atoms with Crippen LogP contribution in [0.2, 0.25) is 0 Å². The minimum atomic E-state index is -0.558. The van der Waals surface area contributed by atoms with Gasteiger partial charge in [-0.1, -0.05) is 12.1 Å². The molecule has 0 unspecified atom stereocenters. The molecular weight excluding hydrogens is 648 g/mol. The highest BCUT2D eigenvalue weighted by Crippen LogP contribution is 2.27. The fraction of sp³-hybridized carbons (Fsp3) is 0.361. The number of nitrogens with one attached hydrogen (secondary N) is 2. The SMILES string of the molecule is CCn1nc(C)cc1C(=O)Nc1nc2cc(C(N)=O)ccc2n1CCCCn1c(NC(=O)c2cc(C)nn2CC)nc2c(CN(C)C)cccc21. The standard InChI is InChI=1S/C36H44N12O3/c1-7-47-29(18-22(3)42-47)33(50)40-35-38-26-20-24(32(37)49)14-15-27(26)45(35)16-9-10-17-46-28-13-11-12-25(21-44(5)6)31(28)39-36(46)41-34(51)30-19-23(4)43-48(30)8-2/h11-15,18-20H,7-10,16-17,21H2,1-6H3,(H2,37,49)(H,38,40,50)(H,39,41,51). The quantitative estimate of drug-likeness (QED) is 0.139. The summed E-state index contributed by atoms with van der Waals surface area (Å²) in [6.45, 7) is 10.5. The first-order valence-electron chi connectivity index (χ1n) is 17.1. The van der Waals surface area contributed by atoms with Crippen LogP contribution in [0.3, 0.4) is 0 Å². The lowest BCUT2D eigenvalue weighted by Gasteiger charge is -2.13. The van der Waals surface area contributed by atoms with E-state index in [9.17, 15) is 14.4 Å². The number of primary amides is 1. The van der Waals surface area contributed by atoms with Gasteiger partial charge in [-0.3, -0.25) is 34.4 Å². The van der Waals surface area contributed by atoms with Crippen molar-refractivity contribution >= 4 is 51.7 Å². The van der Waals surface area contributed by atoms with E-state index >= 15 is 0 Å². The number of rotatable bonds is 14. The number of nitrogens with two attached hydrogens (primary N) is 1. The summed E-state index contributed by atoms with van der Waals surface area (Å²) >= 11 is 0. The zero-order valence-electron chi connectivity index (χ0n) is 29.9. The van der Waals surface area contributed by atoms with E-state index < -0.39 is 5.91 Å². The first-order chi connectivity index (χ1) is 24.5. The smallest absolute Gasteiger partial charge is 0.276 e. The van der Waals surface area contributed by atoms with Gasteiger partial charge in [0.1, 0.15) is 11.4 Å². The minimum Gasteiger partial charge on any atom is -0.366 e. The van der Waals surface area contributed by atoms with Gasteiger partial charge in [0, 0.05) is 38.3 Å². The van der Waals surface area contributed by atoms with Crippen molar-refractivity contribution in [2.75, 3.05) is 24.7 Å². The Bertz CT molecular complexity index is 2250. The zero-order chi connectivity index (χ0) is 36.4. The first kappa shape index (κ1) is 35.0. The second-order valence-electron chi connectivity index (χ2n) is 12.9. The summed E-state index contributed by atoms with van der Waals surface area (Å²) in [5, 5.41) is 14.9. The number of aryl methyl sites for hydroxylation is 6. The van der Waals surface area contributed by atoms with E-state index in [1.165, 1.54) is 0 Å². The van der Waals surface area contributed by atoms with E-state index in [1.54, 1.807) is 39.7 Å². The van der Waals surface area contributed by atoms with Gasteiger partial charge >= 0.3 is 0 Å². The number of unbranched alkanes of at least 4 members (excludes halogenated alkanes) is 1. The molecule has 4 N–H and O–H groups in total. The van der Waals surface area contributed by atoms with Gasteiger partial charge < -0.3 is 19.8 Å². The molecule has 0 radical (unpaired) electrons. The molecule has 51 heavy (non-hydrogen) atoms. The molecule has 15 nitrogen and oxygen atoms in total. The average Bonchev–Trinajstić information content (AvgIpc) is 3.85. The van der Waals surface area contributed by atoms with Gasteiger partial charge in [0.05, 0.1) is 33.5 Å². The molecule has 6 rings (SSSR count). The second-order valence-corrected chi connectivity index (χ2v) is 12.9. The predicted octanol–water partition coefficient (Wildman–Crippen LogP) is 4.58. The summed E-state index contributed by atoms with van der Waals surface area (Å²) in [4.78, 5) is 50.6. The van der Waals surface area contributed by atoms with E-state index in [2.05, 4.69) is 31.8 Å². The van der Waals surface area contributed by atoms with Crippen LogP contribution in [0.4, 0.5) is 11.9 Å². The molecule has 0 spiro atoms. The largest absolute Gasteiger partial charge is 0.366 e. The molecule has 3 amide bonds. The number of imidazole rings is 2. The van der Waals surface area contributed by atoms with E-state index in [0.29, 0.717) is 79.9 Å². The number of carbonyl (C=O) groups is 3. The molecule has 0 atom stereocenters. The molecule has 6 aromatic rings. The summed E-state index contributed by atoms with van der Waals surface area (Å²) < 4.78 is 7.32. The Labute approximate surface area is 295 Å². The predicted molar refractivity (Wildman–Crippen MR) is 196 cm³/mol. The van der Waals surface area contributed by atoms with Crippen molar-refractivity contribution < 1.29 is 14.4 Å². The van der Waals surface area contributed by atoms with Crippen LogP contribution < -0.4 is 16.4 Å². The topological polar surface area (TPSA) is 176 Å². The van der Waals surface area contributed by atoms with Gasteiger partial charge in [0.15, 0.2) is 0 Å². The maximum absolute atomic E-state index is 13.5. The van der Waals surface area contributed by atoms with Crippen LogP contribution in [0, 0.1) is 13.8 Å². The van der Waals surface area contributed by atoms with Gasteiger partial charge in [-0.2, -0.15) is 10.2 Å². The molecule has 15 heteroatoms. The van der Waals surface area contributed by atoms with Crippen LogP contribution in [0.5, 0.6) is 0 Å². The Balaban J connectivity index is 1.28. The number of hydrogen-bond acceptors (Lipinski definition) is 8. The molecule has 266 valence electrons. The van der Waals surface area contributed by atoms with Gasteiger partial charge in [-0.05, 0) is 96.6 Å². The Kier molecular flexibility index (Phi) is 10.0. The van der Waals surface area contributed by atoms with Crippen LogP contribution in [-0.4, -0.2) is 75.4 Å². The van der Waals surface area contributed by atoms with Crippen LogP contribution in [-0.2, 0) is 32.7 Å². The van der Waals surface area contributed by atoms with Crippen molar-refractivity contribution in [2.24, 2.45) is 5.73 Å². The van der Waals surface area contributed by atoms with Crippen molar-refractivity contribution in [2.45, 2.75) is 73.3 Å². The molecule has 0 bridgehead atoms. The molecule has 4 aromatic heterocycles. The molecule has 0 aliphatic rings. The van der Waals surface area contributed by atoms with Crippen molar-refractivity contribution in [1.29, 1.82) is 0 Å². The van der Waals surface area contributed by atoms with Crippen molar-refractivity contribution in [3.63, 3.8) is 0 Å². The third kappa shape index (κ3) is 7.24. The van der Waals surface area contributed by atoms with E-state index in [0.717, 1.165) is 33.5 Å². The maximum Gasteiger partial charge on any atom is 0.276 e. The fourth-order valence-corrected chi connectivity index (χ4v) is 6.41. The molecule has 2 aromatic carbocycles. The van der Waals surface area contributed by atoms with Crippen molar-refractivity contribution in [1.82, 2.24) is 43.6 Å².